The van der Waals surface area contributed by atoms with Crippen molar-refractivity contribution in [1.29, 1.82) is 0 Å². The quantitative estimate of drug-likeness (QED) is 0.362. The van der Waals surface area contributed by atoms with E-state index < -0.39 is 42.1 Å². The SMILES string of the molecule is C[C@H]1C(C(O)C(O)Cn2cc(CNC(=O)c3ccccc3)nn2)OC(C(=O)O)=C[C@H]1O. The highest BCUT2D eigenvalue weighted by atomic mass is 16.5. The van der Waals surface area contributed by atoms with Gasteiger partial charge >= 0.3 is 5.97 Å². The molecule has 0 bridgehead atoms. The predicted octanol–water partition coefficient (Wildman–Crippen LogP) is -0.706. The highest BCUT2D eigenvalue weighted by Gasteiger charge is 2.40. The van der Waals surface area contributed by atoms with Crippen molar-refractivity contribution in [2.24, 2.45) is 5.92 Å². The number of aliphatic carboxylic acids is 1. The minimum atomic E-state index is -1.49. The third-order valence-corrected chi connectivity index (χ3v) is 5.01. The van der Waals surface area contributed by atoms with Crippen molar-refractivity contribution in [3.8, 4) is 0 Å². The lowest BCUT2D eigenvalue weighted by Crippen LogP contribution is -2.49. The Kier molecular flexibility index (Phi) is 7.00. The smallest absolute Gasteiger partial charge is 0.370 e. The van der Waals surface area contributed by atoms with E-state index in [2.05, 4.69) is 15.6 Å². The molecule has 3 rings (SSSR count). The van der Waals surface area contributed by atoms with Gasteiger partial charge < -0.3 is 30.5 Å². The van der Waals surface area contributed by atoms with Crippen molar-refractivity contribution >= 4 is 11.9 Å². The lowest BCUT2D eigenvalue weighted by Gasteiger charge is -2.36. The van der Waals surface area contributed by atoms with Crippen LogP contribution in [0.3, 0.4) is 0 Å². The number of ether oxygens (including phenoxy) is 1. The minimum Gasteiger partial charge on any atom is -0.480 e. The molecule has 1 aliphatic heterocycles. The Bertz CT molecular complexity index is 946. The Morgan fingerprint density at radius 3 is 2.65 bits per heavy atom. The molecule has 0 radical (unpaired) electrons. The largest absolute Gasteiger partial charge is 0.480 e. The summed E-state index contributed by atoms with van der Waals surface area (Å²) in [6.07, 6.45) is -2.58. The molecule has 166 valence electrons. The van der Waals surface area contributed by atoms with E-state index in [1.54, 1.807) is 37.3 Å². The number of aromatic nitrogens is 3. The molecular formula is C20H24N4O7. The molecule has 1 aromatic heterocycles. The average Bonchev–Trinajstić information content (AvgIpc) is 3.21. The molecule has 11 nitrogen and oxygen atoms in total. The molecule has 0 fully saturated rings. The van der Waals surface area contributed by atoms with E-state index >= 15 is 0 Å². The molecule has 0 spiro atoms. The van der Waals surface area contributed by atoms with Crippen LogP contribution < -0.4 is 5.32 Å². The van der Waals surface area contributed by atoms with Crippen LogP contribution in [0.15, 0.2) is 48.4 Å². The van der Waals surface area contributed by atoms with Crippen LogP contribution in [0.5, 0.6) is 0 Å². The standard InChI is InChI=1S/C20H24N4O7/c1-11-14(25)7-16(20(29)30)31-18(11)17(27)15(26)10-24-9-13(22-23-24)8-21-19(28)12-5-3-2-4-6-12/h2-7,9,11,14-15,17-18,25-27H,8,10H2,1H3,(H,21,28)(H,29,30)/t11-,14-,15?,17?,18?/m1/s1. The van der Waals surface area contributed by atoms with Gasteiger partial charge in [0, 0.05) is 11.5 Å². The lowest BCUT2D eigenvalue weighted by molar-refractivity contribution is -0.150. The number of hydrogen-bond donors (Lipinski definition) is 5. The zero-order valence-corrected chi connectivity index (χ0v) is 16.7. The first kappa shape index (κ1) is 22.4. The fraction of sp³-hybridized carbons (Fsp3) is 0.400. The van der Waals surface area contributed by atoms with Crippen LogP contribution in [-0.4, -0.2) is 71.7 Å². The number of carbonyl (C=O) groups excluding carboxylic acids is 1. The summed E-state index contributed by atoms with van der Waals surface area (Å²) in [4.78, 5) is 23.2. The molecule has 5 atom stereocenters. The van der Waals surface area contributed by atoms with Crippen LogP contribution in [-0.2, 0) is 22.6 Å². The molecule has 1 amide bonds. The van der Waals surface area contributed by atoms with Gasteiger partial charge in [0.2, 0.25) is 5.76 Å². The molecule has 0 aliphatic carbocycles. The van der Waals surface area contributed by atoms with E-state index in [1.807, 2.05) is 0 Å². The number of carboxylic acids is 1. The molecule has 3 unspecified atom stereocenters. The lowest BCUT2D eigenvalue weighted by atomic mass is 9.89. The van der Waals surface area contributed by atoms with Gasteiger partial charge in [0.15, 0.2) is 0 Å². The minimum absolute atomic E-state index is 0.119. The molecule has 1 aliphatic rings. The van der Waals surface area contributed by atoms with Crippen LogP contribution in [0.1, 0.15) is 23.0 Å². The Morgan fingerprint density at radius 1 is 1.26 bits per heavy atom. The van der Waals surface area contributed by atoms with Crippen LogP contribution in [0.2, 0.25) is 0 Å². The van der Waals surface area contributed by atoms with Gasteiger partial charge in [0.05, 0.1) is 25.4 Å². The third-order valence-electron chi connectivity index (χ3n) is 5.01. The number of nitrogens with one attached hydrogen (secondary N) is 1. The Hall–Kier alpha value is -3.28. The molecule has 2 aromatic rings. The third kappa shape index (κ3) is 5.45. The van der Waals surface area contributed by atoms with E-state index in [1.165, 1.54) is 10.9 Å². The fourth-order valence-corrected chi connectivity index (χ4v) is 3.19. The van der Waals surface area contributed by atoms with E-state index in [9.17, 15) is 24.9 Å². The van der Waals surface area contributed by atoms with Gasteiger partial charge in [-0.05, 0) is 18.2 Å². The van der Waals surface area contributed by atoms with Crippen molar-refractivity contribution in [2.75, 3.05) is 0 Å². The number of amides is 1. The highest BCUT2D eigenvalue weighted by molar-refractivity contribution is 5.94. The fourth-order valence-electron chi connectivity index (χ4n) is 3.19. The van der Waals surface area contributed by atoms with E-state index in [0.29, 0.717) is 11.3 Å². The molecule has 31 heavy (non-hydrogen) atoms. The molecule has 11 heteroatoms. The summed E-state index contributed by atoms with van der Waals surface area (Å²) in [6.45, 7) is 1.53. The topological polar surface area (TPSA) is 167 Å². The van der Waals surface area contributed by atoms with Gasteiger partial charge in [-0.1, -0.05) is 30.3 Å². The summed E-state index contributed by atoms with van der Waals surface area (Å²) >= 11 is 0. The number of aliphatic hydroxyl groups excluding tert-OH is 3. The number of carboxylic acid groups (broad SMARTS) is 1. The summed E-state index contributed by atoms with van der Waals surface area (Å²) in [6, 6.07) is 8.67. The summed E-state index contributed by atoms with van der Waals surface area (Å²) in [5.74, 6) is -2.78. The van der Waals surface area contributed by atoms with Gasteiger partial charge in [-0.25, -0.2) is 9.48 Å². The first-order valence-corrected chi connectivity index (χ1v) is 9.64. The van der Waals surface area contributed by atoms with Crippen molar-refractivity contribution in [2.45, 2.75) is 44.4 Å². The van der Waals surface area contributed by atoms with Gasteiger partial charge in [0.1, 0.15) is 24.0 Å². The second kappa shape index (κ2) is 9.69. The van der Waals surface area contributed by atoms with Gasteiger partial charge in [-0.3, -0.25) is 4.79 Å². The maximum atomic E-state index is 12.1. The Morgan fingerprint density at radius 2 is 1.97 bits per heavy atom. The number of nitrogens with zero attached hydrogens (tertiary/aromatic N) is 3. The molecular weight excluding hydrogens is 408 g/mol. The summed E-state index contributed by atoms with van der Waals surface area (Å²) in [5, 5.41) is 50.4. The van der Waals surface area contributed by atoms with Crippen LogP contribution >= 0.6 is 0 Å². The monoisotopic (exact) mass is 432 g/mol. The van der Waals surface area contributed by atoms with E-state index in [-0.39, 0.29) is 19.0 Å². The normalized spacial score (nSPS) is 22.7. The molecule has 2 heterocycles. The molecule has 0 saturated carbocycles. The summed E-state index contributed by atoms with van der Waals surface area (Å²) < 4.78 is 6.55. The number of rotatable bonds is 8. The Balaban J connectivity index is 1.56. The average molecular weight is 432 g/mol. The second-order valence-corrected chi connectivity index (χ2v) is 7.31. The van der Waals surface area contributed by atoms with Crippen molar-refractivity contribution in [3.05, 3.63) is 59.6 Å². The summed E-state index contributed by atoms with van der Waals surface area (Å²) in [7, 11) is 0. The number of benzene rings is 1. The molecule has 0 saturated heterocycles. The maximum absolute atomic E-state index is 12.1. The van der Waals surface area contributed by atoms with Crippen molar-refractivity contribution in [3.63, 3.8) is 0 Å². The molecule has 1 aromatic carbocycles. The van der Waals surface area contributed by atoms with Crippen molar-refractivity contribution in [1.82, 2.24) is 20.3 Å². The van der Waals surface area contributed by atoms with E-state index in [4.69, 9.17) is 9.84 Å². The van der Waals surface area contributed by atoms with E-state index in [0.717, 1.165) is 6.08 Å². The van der Waals surface area contributed by atoms with Crippen LogP contribution in [0.4, 0.5) is 0 Å². The number of aliphatic hydroxyl groups is 3. The Labute approximate surface area is 177 Å². The zero-order valence-electron chi connectivity index (χ0n) is 16.7. The van der Waals surface area contributed by atoms with Crippen molar-refractivity contribution < 1.29 is 34.8 Å². The number of carbonyl (C=O) groups is 2. The first-order valence-electron chi connectivity index (χ1n) is 9.64. The predicted molar refractivity (Wildman–Crippen MR) is 105 cm³/mol. The first-order chi connectivity index (χ1) is 14.8. The number of hydrogen-bond acceptors (Lipinski definition) is 8. The van der Waals surface area contributed by atoms with Gasteiger partial charge in [-0.15, -0.1) is 5.10 Å². The summed E-state index contributed by atoms with van der Waals surface area (Å²) in [5.41, 5.74) is 0.951. The molecule has 5 N–H and O–H groups in total. The van der Waals surface area contributed by atoms with Gasteiger partial charge in [0.25, 0.3) is 5.91 Å². The maximum Gasteiger partial charge on any atom is 0.370 e. The van der Waals surface area contributed by atoms with Gasteiger partial charge in [-0.2, -0.15) is 0 Å². The zero-order chi connectivity index (χ0) is 22.5. The van der Waals surface area contributed by atoms with Crippen LogP contribution in [0, 0.1) is 5.92 Å². The second-order valence-electron chi connectivity index (χ2n) is 7.31. The highest BCUT2D eigenvalue weighted by Crippen LogP contribution is 2.27. The van der Waals surface area contributed by atoms with Crippen LogP contribution in [0.25, 0.3) is 0 Å².